The van der Waals surface area contributed by atoms with E-state index >= 15 is 0 Å². The molecule has 0 radical (unpaired) electrons. The van der Waals surface area contributed by atoms with Crippen LogP contribution in [-0.2, 0) is 6.54 Å². The number of H-pyrrole nitrogens is 1. The van der Waals surface area contributed by atoms with Crippen molar-refractivity contribution in [3.05, 3.63) is 57.8 Å². The van der Waals surface area contributed by atoms with Crippen LogP contribution >= 0.6 is 15.9 Å². The Balaban J connectivity index is 1.84. The van der Waals surface area contributed by atoms with Gasteiger partial charge in [0.05, 0.1) is 11.6 Å². The van der Waals surface area contributed by atoms with Crippen LogP contribution in [0.4, 0.5) is 5.69 Å². The van der Waals surface area contributed by atoms with Gasteiger partial charge in [0.25, 0.3) is 0 Å². The molecule has 1 heterocycles. The number of halogens is 1. The maximum atomic E-state index is 5.48. The molecule has 0 atom stereocenters. The van der Waals surface area contributed by atoms with Gasteiger partial charge in [0.15, 0.2) is 5.82 Å². The molecule has 2 N–H and O–H groups in total. The van der Waals surface area contributed by atoms with Crippen molar-refractivity contribution in [3.63, 3.8) is 0 Å². The van der Waals surface area contributed by atoms with Crippen molar-refractivity contribution in [2.75, 3.05) is 12.4 Å². The molecule has 0 bridgehead atoms. The zero-order chi connectivity index (χ0) is 17.1. The minimum atomic E-state index is 0.667. The van der Waals surface area contributed by atoms with Gasteiger partial charge in [-0.15, -0.1) is 0 Å². The second-order valence-electron chi connectivity index (χ2n) is 5.56. The molecular weight excluding hydrogens is 368 g/mol. The van der Waals surface area contributed by atoms with Crippen LogP contribution in [0, 0.1) is 13.8 Å². The van der Waals surface area contributed by atoms with Crippen molar-refractivity contribution < 1.29 is 4.74 Å². The van der Waals surface area contributed by atoms with E-state index in [1.165, 1.54) is 5.56 Å². The minimum absolute atomic E-state index is 0.667. The van der Waals surface area contributed by atoms with Crippen molar-refractivity contribution in [1.82, 2.24) is 15.2 Å². The van der Waals surface area contributed by atoms with E-state index in [9.17, 15) is 0 Å². The minimum Gasteiger partial charge on any atom is -0.495 e. The van der Waals surface area contributed by atoms with Gasteiger partial charge in [-0.05, 0) is 47.5 Å². The first kappa shape index (κ1) is 16.5. The van der Waals surface area contributed by atoms with E-state index in [0.29, 0.717) is 12.4 Å². The van der Waals surface area contributed by atoms with Gasteiger partial charge < -0.3 is 10.1 Å². The molecule has 0 aliphatic rings. The first-order valence-corrected chi connectivity index (χ1v) is 8.43. The first-order chi connectivity index (χ1) is 11.6. The molecule has 0 aliphatic heterocycles. The molecular formula is C18H19BrN4O. The summed E-state index contributed by atoms with van der Waals surface area (Å²) in [6.45, 7) is 4.64. The summed E-state index contributed by atoms with van der Waals surface area (Å²) in [6, 6.07) is 12.2. The largest absolute Gasteiger partial charge is 0.495 e. The Labute approximate surface area is 149 Å². The number of anilines is 1. The average molecular weight is 387 g/mol. The third-order valence-electron chi connectivity index (χ3n) is 3.81. The first-order valence-electron chi connectivity index (χ1n) is 7.63. The molecule has 2 aromatic carbocycles. The van der Waals surface area contributed by atoms with E-state index in [0.717, 1.165) is 32.9 Å². The molecule has 0 amide bonds. The number of hydrogen-bond acceptors (Lipinski definition) is 4. The van der Waals surface area contributed by atoms with E-state index in [-0.39, 0.29) is 0 Å². The van der Waals surface area contributed by atoms with Gasteiger partial charge in [-0.3, -0.25) is 5.10 Å². The summed E-state index contributed by atoms with van der Waals surface area (Å²) < 4.78 is 6.43. The summed E-state index contributed by atoms with van der Waals surface area (Å²) in [5.74, 6) is 2.36. The lowest BCUT2D eigenvalue weighted by Crippen LogP contribution is -2.03. The fourth-order valence-electron chi connectivity index (χ4n) is 2.54. The molecule has 3 rings (SSSR count). The number of benzene rings is 2. The smallest absolute Gasteiger partial charge is 0.181 e. The topological polar surface area (TPSA) is 62.8 Å². The van der Waals surface area contributed by atoms with Gasteiger partial charge >= 0.3 is 0 Å². The van der Waals surface area contributed by atoms with Crippen molar-refractivity contribution in [2.24, 2.45) is 0 Å². The number of aryl methyl sites for hydroxylation is 2. The highest BCUT2D eigenvalue weighted by molar-refractivity contribution is 9.10. The highest BCUT2D eigenvalue weighted by Crippen LogP contribution is 2.30. The Morgan fingerprint density at radius 2 is 2.04 bits per heavy atom. The number of aromatic amines is 1. The Hall–Kier alpha value is -2.34. The molecule has 24 heavy (non-hydrogen) atoms. The molecule has 0 saturated heterocycles. The number of nitrogens with zero attached hydrogens (tertiary/aromatic N) is 2. The van der Waals surface area contributed by atoms with E-state index < -0.39 is 0 Å². The molecule has 0 unspecified atom stereocenters. The van der Waals surface area contributed by atoms with Gasteiger partial charge in [0.1, 0.15) is 11.6 Å². The lowest BCUT2D eigenvalue weighted by atomic mass is 10.1. The Morgan fingerprint density at radius 1 is 1.21 bits per heavy atom. The molecule has 0 fully saturated rings. The van der Waals surface area contributed by atoms with Crippen molar-refractivity contribution in [3.8, 4) is 17.1 Å². The standard InChI is InChI=1S/C18H19BrN4O/c1-11-7-8-13(18-21-12(2)22-23-18)9-16(11)20-10-14-5-4-6-15(19)17(14)24-3/h4-9,20H,10H2,1-3H3,(H,21,22,23). The molecule has 6 heteroatoms. The van der Waals surface area contributed by atoms with Crippen LogP contribution in [0.3, 0.4) is 0 Å². The molecule has 0 saturated carbocycles. The monoisotopic (exact) mass is 386 g/mol. The summed E-state index contributed by atoms with van der Waals surface area (Å²) in [4.78, 5) is 4.39. The zero-order valence-corrected chi connectivity index (χ0v) is 15.4. The number of hydrogen-bond donors (Lipinski definition) is 2. The van der Waals surface area contributed by atoms with Gasteiger partial charge in [-0.1, -0.05) is 24.3 Å². The summed E-state index contributed by atoms with van der Waals surface area (Å²) >= 11 is 3.52. The number of aromatic nitrogens is 3. The number of methoxy groups -OCH3 is 1. The van der Waals surface area contributed by atoms with Crippen LogP contribution in [0.2, 0.25) is 0 Å². The van der Waals surface area contributed by atoms with Gasteiger partial charge in [-0.25, -0.2) is 4.98 Å². The fraction of sp³-hybridized carbons (Fsp3) is 0.222. The molecule has 0 spiro atoms. The van der Waals surface area contributed by atoms with Crippen LogP contribution in [-0.4, -0.2) is 22.3 Å². The van der Waals surface area contributed by atoms with Crippen molar-refractivity contribution in [1.29, 1.82) is 0 Å². The number of ether oxygens (including phenoxy) is 1. The molecule has 1 aromatic heterocycles. The van der Waals surface area contributed by atoms with E-state index in [1.54, 1.807) is 7.11 Å². The predicted molar refractivity (Wildman–Crippen MR) is 99.3 cm³/mol. The predicted octanol–water partition coefficient (Wildman–Crippen LogP) is 4.47. The van der Waals surface area contributed by atoms with Gasteiger partial charge in [0.2, 0.25) is 0 Å². The third-order valence-corrected chi connectivity index (χ3v) is 4.44. The Bertz CT molecular complexity index is 860. The number of rotatable bonds is 5. The maximum absolute atomic E-state index is 5.48. The highest BCUT2D eigenvalue weighted by atomic mass is 79.9. The Morgan fingerprint density at radius 3 is 2.75 bits per heavy atom. The lowest BCUT2D eigenvalue weighted by molar-refractivity contribution is 0.407. The molecule has 124 valence electrons. The van der Waals surface area contributed by atoms with Crippen molar-refractivity contribution >= 4 is 21.6 Å². The summed E-state index contributed by atoms with van der Waals surface area (Å²) in [6.07, 6.45) is 0. The van der Waals surface area contributed by atoms with Crippen LogP contribution in [0.15, 0.2) is 40.9 Å². The summed E-state index contributed by atoms with van der Waals surface area (Å²) in [5.41, 5.74) is 4.29. The third kappa shape index (κ3) is 3.43. The lowest BCUT2D eigenvalue weighted by Gasteiger charge is -2.14. The number of nitrogens with one attached hydrogen (secondary N) is 2. The Kier molecular flexibility index (Phi) is 4.85. The van der Waals surface area contributed by atoms with Gasteiger partial charge in [-0.2, -0.15) is 5.10 Å². The zero-order valence-electron chi connectivity index (χ0n) is 13.9. The number of para-hydroxylation sites is 1. The molecule has 3 aromatic rings. The molecule has 0 aliphatic carbocycles. The summed E-state index contributed by atoms with van der Waals surface area (Å²) in [7, 11) is 1.68. The van der Waals surface area contributed by atoms with Crippen LogP contribution in [0.25, 0.3) is 11.4 Å². The van der Waals surface area contributed by atoms with Gasteiger partial charge in [0, 0.05) is 23.4 Å². The quantitative estimate of drug-likeness (QED) is 0.678. The average Bonchev–Trinajstić information content (AvgIpc) is 3.00. The SMILES string of the molecule is COc1c(Br)cccc1CNc1cc(-c2n[nH]c(C)n2)ccc1C. The fourth-order valence-corrected chi connectivity index (χ4v) is 3.10. The highest BCUT2D eigenvalue weighted by Gasteiger charge is 2.09. The molecule has 5 nitrogen and oxygen atoms in total. The normalized spacial score (nSPS) is 10.7. The van der Waals surface area contributed by atoms with E-state index in [1.807, 2.05) is 25.1 Å². The second-order valence-corrected chi connectivity index (χ2v) is 6.41. The van der Waals surface area contributed by atoms with Crippen LogP contribution in [0.1, 0.15) is 17.0 Å². The summed E-state index contributed by atoms with van der Waals surface area (Å²) in [5, 5.41) is 10.6. The van der Waals surface area contributed by atoms with Crippen LogP contribution in [0.5, 0.6) is 5.75 Å². The maximum Gasteiger partial charge on any atom is 0.181 e. The van der Waals surface area contributed by atoms with E-state index in [4.69, 9.17) is 4.74 Å². The van der Waals surface area contributed by atoms with Crippen LogP contribution < -0.4 is 10.1 Å². The van der Waals surface area contributed by atoms with E-state index in [2.05, 4.69) is 61.6 Å². The second kappa shape index (κ2) is 7.05. The van der Waals surface area contributed by atoms with Crippen molar-refractivity contribution in [2.45, 2.75) is 20.4 Å².